The number of carbonyl (C=O) groups is 1. The Hall–Kier alpha value is -2.38. The molecule has 1 aromatic carbocycles. The molecule has 0 spiro atoms. The second-order valence-electron chi connectivity index (χ2n) is 5.57. The molecule has 0 saturated carbocycles. The Labute approximate surface area is 163 Å². The predicted molar refractivity (Wildman–Crippen MR) is 111 cm³/mol. The fraction of sp³-hybridized carbons (Fsp3) is 0.263. The minimum Gasteiger partial charge on any atom is -0.497 e. The van der Waals surface area contributed by atoms with Crippen molar-refractivity contribution in [2.45, 2.75) is 13.8 Å². The lowest BCUT2D eigenvalue weighted by molar-refractivity contribution is 0.0533. The van der Waals surface area contributed by atoms with Crippen LogP contribution in [0.4, 0.5) is 5.69 Å². The zero-order chi connectivity index (χ0) is 19.1. The Balaban J connectivity index is 2.29. The molecule has 0 fully saturated rings. The van der Waals surface area contributed by atoms with Crippen LogP contribution >= 0.6 is 23.6 Å². The number of hydrogen-bond acceptors (Lipinski definition) is 5. The molecule has 0 saturated heterocycles. The van der Waals surface area contributed by atoms with Gasteiger partial charge >= 0.3 is 5.97 Å². The number of hydrogen-bond donors (Lipinski definition) is 2. The molecular formula is C19H22N2O3S2. The molecule has 26 heavy (non-hydrogen) atoms. The monoisotopic (exact) mass is 390 g/mol. The number of nitrogens with one attached hydrogen (secondary N) is 2. The fourth-order valence-electron chi connectivity index (χ4n) is 2.13. The molecule has 0 bridgehead atoms. The van der Waals surface area contributed by atoms with Gasteiger partial charge in [0, 0.05) is 11.4 Å². The van der Waals surface area contributed by atoms with Crippen LogP contribution in [0.2, 0.25) is 0 Å². The van der Waals surface area contributed by atoms with E-state index >= 15 is 0 Å². The number of anilines is 1. The molecule has 138 valence electrons. The second-order valence-corrected chi connectivity index (χ2v) is 7.03. The van der Waals surface area contributed by atoms with Gasteiger partial charge in [0.15, 0.2) is 5.11 Å². The summed E-state index contributed by atoms with van der Waals surface area (Å²) in [4.78, 5) is 13.7. The minimum atomic E-state index is -0.373. The molecule has 7 heteroatoms. The molecular weight excluding hydrogens is 368 g/mol. The van der Waals surface area contributed by atoms with Crippen LogP contribution in [0.3, 0.4) is 0 Å². The van der Waals surface area contributed by atoms with Crippen molar-refractivity contribution < 1.29 is 14.3 Å². The smallest absolute Gasteiger partial charge is 0.350 e. The third-order valence-electron chi connectivity index (χ3n) is 3.37. The maximum atomic E-state index is 12.3. The van der Waals surface area contributed by atoms with Gasteiger partial charge in [0.2, 0.25) is 0 Å². The van der Waals surface area contributed by atoms with Gasteiger partial charge < -0.3 is 20.1 Å². The fourth-order valence-corrected chi connectivity index (χ4v) is 3.32. The Kier molecular flexibility index (Phi) is 7.17. The Morgan fingerprint density at radius 2 is 2.00 bits per heavy atom. The molecule has 1 heterocycles. The highest BCUT2D eigenvalue weighted by molar-refractivity contribution is 7.80. The van der Waals surface area contributed by atoms with E-state index in [1.54, 1.807) is 14.0 Å². The standard InChI is InChI=1S/C19H22N2O3S2/c1-5-24-18(22)17-15(21-19(25)20-11-12(2)3)10-16(26-17)13-6-8-14(23-4)9-7-13/h6-10H,2,5,11H2,1,3-4H3,(H2,20,21,25). The van der Waals surface area contributed by atoms with Crippen molar-refractivity contribution in [1.29, 1.82) is 0 Å². The molecule has 0 aliphatic carbocycles. The zero-order valence-corrected chi connectivity index (χ0v) is 16.7. The van der Waals surface area contributed by atoms with E-state index in [-0.39, 0.29) is 5.97 Å². The maximum Gasteiger partial charge on any atom is 0.350 e. The van der Waals surface area contributed by atoms with Crippen molar-refractivity contribution in [3.8, 4) is 16.2 Å². The van der Waals surface area contributed by atoms with Gasteiger partial charge in [0.05, 0.1) is 19.4 Å². The third-order valence-corrected chi connectivity index (χ3v) is 4.78. The molecule has 1 aromatic heterocycles. The number of rotatable bonds is 7. The number of carbonyl (C=O) groups excluding carboxylic acids is 1. The molecule has 0 amide bonds. The first-order chi connectivity index (χ1) is 12.4. The number of esters is 1. The second kappa shape index (κ2) is 9.35. The Morgan fingerprint density at radius 3 is 2.58 bits per heavy atom. The van der Waals surface area contributed by atoms with E-state index in [9.17, 15) is 4.79 Å². The third kappa shape index (κ3) is 5.31. The molecule has 0 aliphatic heterocycles. The average molecular weight is 391 g/mol. The maximum absolute atomic E-state index is 12.3. The van der Waals surface area contributed by atoms with Crippen LogP contribution < -0.4 is 15.4 Å². The summed E-state index contributed by atoms with van der Waals surface area (Å²) in [7, 11) is 1.62. The van der Waals surface area contributed by atoms with E-state index in [2.05, 4.69) is 17.2 Å². The van der Waals surface area contributed by atoms with E-state index in [1.165, 1.54) is 11.3 Å². The van der Waals surface area contributed by atoms with Crippen molar-refractivity contribution in [2.24, 2.45) is 0 Å². The van der Waals surface area contributed by atoms with Crippen LogP contribution in [-0.2, 0) is 4.74 Å². The van der Waals surface area contributed by atoms with E-state index in [0.717, 1.165) is 21.8 Å². The van der Waals surface area contributed by atoms with Crippen LogP contribution in [0.25, 0.3) is 10.4 Å². The number of thiophene rings is 1. The highest BCUT2D eigenvalue weighted by Crippen LogP contribution is 2.36. The topological polar surface area (TPSA) is 59.6 Å². The van der Waals surface area contributed by atoms with Crippen molar-refractivity contribution in [3.63, 3.8) is 0 Å². The van der Waals surface area contributed by atoms with Gasteiger partial charge in [-0.3, -0.25) is 0 Å². The van der Waals surface area contributed by atoms with Gasteiger partial charge in [-0.1, -0.05) is 12.2 Å². The molecule has 2 N–H and O–H groups in total. The summed E-state index contributed by atoms with van der Waals surface area (Å²) in [6.07, 6.45) is 0. The van der Waals surface area contributed by atoms with Crippen LogP contribution in [0, 0.1) is 0 Å². The van der Waals surface area contributed by atoms with Crippen LogP contribution in [0.15, 0.2) is 42.5 Å². The molecule has 5 nitrogen and oxygen atoms in total. The lowest BCUT2D eigenvalue weighted by atomic mass is 10.2. The molecule has 2 aromatic rings. The van der Waals surface area contributed by atoms with Gasteiger partial charge in [-0.05, 0) is 62.0 Å². The van der Waals surface area contributed by atoms with Crippen molar-refractivity contribution in [3.05, 3.63) is 47.4 Å². The molecule has 0 aliphatic rings. The summed E-state index contributed by atoms with van der Waals surface area (Å²) in [5.41, 5.74) is 2.57. The first-order valence-electron chi connectivity index (χ1n) is 8.09. The van der Waals surface area contributed by atoms with Crippen molar-refractivity contribution >= 4 is 40.3 Å². The SMILES string of the molecule is C=C(C)CNC(=S)Nc1cc(-c2ccc(OC)cc2)sc1C(=O)OCC. The molecule has 2 rings (SSSR count). The Bertz CT molecular complexity index is 798. The van der Waals surface area contributed by atoms with Gasteiger partial charge in [-0.25, -0.2) is 4.79 Å². The number of benzene rings is 1. The highest BCUT2D eigenvalue weighted by atomic mass is 32.1. The lowest BCUT2D eigenvalue weighted by Crippen LogP contribution is -2.30. The molecule has 0 atom stereocenters. The number of thiocarbonyl (C=S) groups is 1. The van der Waals surface area contributed by atoms with Crippen molar-refractivity contribution in [2.75, 3.05) is 25.6 Å². The number of ether oxygens (including phenoxy) is 2. The lowest BCUT2D eigenvalue weighted by Gasteiger charge is -2.10. The first kappa shape index (κ1) is 19.9. The first-order valence-corrected chi connectivity index (χ1v) is 9.31. The summed E-state index contributed by atoms with van der Waals surface area (Å²) in [6, 6.07) is 9.55. The summed E-state index contributed by atoms with van der Waals surface area (Å²) < 4.78 is 10.4. The summed E-state index contributed by atoms with van der Waals surface area (Å²) >= 11 is 6.65. The quantitative estimate of drug-likeness (QED) is 0.413. The summed E-state index contributed by atoms with van der Waals surface area (Å²) in [5.74, 6) is 0.405. The van der Waals surface area contributed by atoms with Gasteiger partial charge in [0.25, 0.3) is 0 Å². The van der Waals surface area contributed by atoms with E-state index < -0.39 is 0 Å². The zero-order valence-electron chi connectivity index (χ0n) is 15.0. The summed E-state index contributed by atoms with van der Waals surface area (Å²) in [5, 5.41) is 6.56. The highest BCUT2D eigenvalue weighted by Gasteiger charge is 2.19. The van der Waals surface area contributed by atoms with E-state index in [0.29, 0.717) is 28.8 Å². The Morgan fingerprint density at radius 1 is 1.31 bits per heavy atom. The predicted octanol–water partition coefficient (Wildman–Crippen LogP) is 4.46. The van der Waals surface area contributed by atoms with Gasteiger partial charge in [-0.15, -0.1) is 11.3 Å². The average Bonchev–Trinajstić information content (AvgIpc) is 3.04. The largest absolute Gasteiger partial charge is 0.497 e. The van der Waals surface area contributed by atoms with Crippen LogP contribution in [-0.4, -0.2) is 31.3 Å². The molecule has 0 radical (unpaired) electrons. The number of methoxy groups -OCH3 is 1. The van der Waals surface area contributed by atoms with Crippen molar-refractivity contribution in [1.82, 2.24) is 5.32 Å². The van der Waals surface area contributed by atoms with E-state index in [1.807, 2.05) is 37.3 Å². The van der Waals surface area contributed by atoms with Crippen LogP contribution in [0.1, 0.15) is 23.5 Å². The van der Waals surface area contributed by atoms with Crippen LogP contribution in [0.5, 0.6) is 5.75 Å². The minimum absolute atomic E-state index is 0.312. The molecule has 0 unspecified atom stereocenters. The summed E-state index contributed by atoms with van der Waals surface area (Å²) in [6.45, 7) is 8.40. The normalized spacial score (nSPS) is 10.1. The van der Waals surface area contributed by atoms with Gasteiger partial charge in [-0.2, -0.15) is 0 Å². The van der Waals surface area contributed by atoms with Gasteiger partial charge in [0.1, 0.15) is 10.6 Å². The van der Waals surface area contributed by atoms with E-state index in [4.69, 9.17) is 21.7 Å².